The second kappa shape index (κ2) is 8.19. The van der Waals surface area contributed by atoms with Gasteiger partial charge in [0.25, 0.3) is 0 Å². The Morgan fingerprint density at radius 2 is 1.84 bits per heavy atom. The van der Waals surface area contributed by atoms with E-state index in [1.54, 1.807) is 0 Å². The van der Waals surface area contributed by atoms with Gasteiger partial charge < -0.3 is 4.90 Å². The maximum Gasteiger partial charge on any atom is 0.226 e. The molecule has 1 aromatic rings. The second-order valence-corrected chi connectivity index (χ2v) is 8.99. The molecular weight excluding hydrogens is 330 g/mol. The number of piperidine rings is 2. The minimum atomic E-state index is 0.260. The van der Waals surface area contributed by atoms with Crippen molar-refractivity contribution in [3.63, 3.8) is 0 Å². The molecule has 138 valence electrons. The highest BCUT2D eigenvalue weighted by Crippen LogP contribution is 2.27. The van der Waals surface area contributed by atoms with Gasteiger partial charge >= 0.3 is 0 Å². The molecule has 0 spiro atoms. The molecular formula is C20H31N3OS. The van der Waals surface area contributed by atoms with Gasteiger partial charge in [-0.2, -0.15) is 0 Å². The minimum absolute atomic E-state index is 0.260. The van der Waals surface area contributed by atoms with E-state index in [1.807, 2.05) is 11.3 Å². The van der Waals surface area contributed by atoms with Crippen molar-refractivity contribution < 1.29 is 4.79 Å². The molecule has 3 saturated heterocycles. The van der Waals surface area contributed by atoms with Crippen molar-refractivity contribution in [3.05, 3.63) is 22.4 Å². The lowest BCUT2D eigenvalue weighted by Crippen LogP contribution is -2.50. The zero-order chi connectivity index (χ0) is 17.1. The molecule has 5 heteroatoms. The first kappa shape index (κ1) is 17.5. The van der Waals surface area contributed by atoms with Crippen LogP contribution in [0.3, 0.4) is 0 Å². The summed E-state index contributed by atoms with van der Waals surface area (Å²) in [4.78, 5) is 21.6. The Kier molecular flexibility index (Phi) is 5.73. The number of amides is 1. The number of hydrogen-bond acceptors (Lipinski definition) is 4. The fourth-order valence-corrected chi connectivity index (χ4v) is 5.55. The van der Waals surface area contributed by atoms with Gasteiger partial charge in [0.15, 0.2) is 0 Å². The van der Waals surface area contributed by atoms with Gasteiger partial charge in [-0.15, -0.1) is 11.3 Å². The quantitative estimate of drug-likeness (QED) is 0.825. The molecule has 0 unspecified atom stereocenters. The molecule has 0 aromatic carbocycles. The van der Waals surface area contributed by atoms with E-state index in [9.17, 15) is 4.79 Å². The van der Waals surface area contributed by atoms with Crippen LogP contribution in [-0.4, -0.2) is 65.9 Å². The van der Waals surface area contributed by atoms with Crippen LogP contribution in [0.15, 0.2) is 17.5 Å². The van der Waals surface area contributed by atoms with Crippen molar-refractivity contribution >= 4 is 17.2 Å². The van der Waals surface area contributed by atoms with E-state index in [2.05, 4.69) is 32.2 Å². The van der Waals surface area contributed by atoms with Crippen molar-refractivity contribution in [2.24, 2.45) is 5.92 Å². The van der Waals surface area contributed by atoms with E-state index in [1.165, 1.54) is 56.6 Å². The largest absolute Gasteiger partial charge is 0.342 e. The molecule has 1 atom stereocenters. The second-order valence-electron chi connectivity index (χ2n) is 7.95. The summed E-state index contributed by atoms with van der Waals surface area (Å²) >= 11 is 1.87. The van der Waals surface area contributed by atoms with Gasteiger partial charge in [0.2, 0.25) is 5.91 Å². The van der Waals surface area contributed by atoms with Crippen LogP contribution in [0, 0.1) is 5.92 Å². The van der Waals surface area contributed by atoms with E-state index < -0.39 is 0 Å². The Morgan fingerprint density at radius 3 is 2.56 bits per heavy atom. The first-order valence-electron chi connectivity index (χ1n) is 10.1. The highest BCUT2D eigenvalue weighted by Gasteiger charge is 2.34. The van der Waals surface area contributed by atoms with Crippen LogP contribution in [0.2, 0.25) is 0 Å². The Morgan fingerprint density at radius 1 is 1.04 bits per heavy atom. The maximum absolute atomic E-state index is 12.8. The fraction of sp³-hybridized carbons (Fsp3) is 0.750. The molecule has 0 saturated carbocycles. The van der Waals surface area contributed by atoms with Gasteiger partial charge in [0.1, 0.15) is 0 Å². The fourth-order valence-electron chi connectivity index (χ4n) is 4.80. The lowest BCUT2D eigenvalue weighted by Gasteiger charge is -2.42. The van der Waals surface area contributed by atoms with Gasteiger partial charge in [-0.25, -0.2) is 0 Å². The molecule has 0 aliphatic carbocycles. The zero-order valence-corrected chi connectivity index (χ0v) is 16.1. The summed E-state index contributed by atoms with van der Waals surface area (Å²) < 4.78 is 0. The van der Waals surface area contributed by atoms with Crippen LogP contribution in [0.25, 0.3) is 0 Å². The summed E-state index contributed by atoms with van der Waals surface area (Å²) in [6, 6.07) is 5.09. The first-order chi connectivity index (χ1) is 12.3. The highest BCUT2D eigenvalue weighted by molar-refractivity contribution is 7.09. The third kappa shape index (κ3) is 4.26. The van der Waals surface area contributed by atoms with Crippen molar-refractivity contribution in [3.8, 4) is 0 Å². The summed E-state index contributed by atoms with van der Waals surface area (Å²) in [6.45, 7) is 7.70. The van der Waals surface area contributed by atoms with Crippen LogP contribution in [0.1, 0.15) is 43.4 Å². The molecule has 0 radical (unpaired) electrons. The summed E-state index contributed by atoms with van der Waals surface area (Å²) in [5, 5.41) is 2.17. The monoisotopic (exact) mass is 361 g/mol. The van der Waals surface area contributed by atoms with E-state index >= 15 is 0 Å². The van der Waals surface area contributed by atoms with Gasteiger partial charge in [0, 0.05) is 50.2 Å². The number of thiophene rings is 1. The minimum Gasteiger partial charge on any atom is -0.342 e. The molecule has 1 aromatic heterocycles. The van der Waals surface area contributed by atoms with Gasteiger partial charge in [-0.3, -0.25) is 14.6 Å². The lowest BCUT2D eigenvalue weighted by atomic mass is 9.93. The average Bonchev–Trinajstić information content (AvgIpc) is 3.36. The van der Waals surface area contributed by atoms with E-state index in [-0.39, 0.29) is 5.92 Å². The number of carbonyl (C=O) groups excluding carboxylic acids is 1. The Balaban J connectivity index is 1.26. The number of hydrogen-bond donors (Lipinski definition) is 0. The third-order valence-electron chi connectivity index (χ3n) is 6.25. The summed E-state index contributed by atoms with van der Waals surface area (Å²) in [5.41, 5.74) is 0. The molecule has 3 fully saturated rings. The predicted octanol–water partition coefficient (Wildman–Crippen LogP) is 3.05. The Hall–Kier alpha value is -0.910. The number of nitrogens with zero attached hydrogens (tertiary/aromatic N) is 3. The summed E-state index contributed by atoms with van der Waals surface area (Å²) in [5.74, 6) is 0.702. The summed E-state index contributed by atoms with van der Waals surface area (Å²) in [7, 11) is 0. The predicted molar refractivity (Wildman–Crippen MR) is 103 cm³/mol. The van der Waals surface area contributed by atoms with E-state index in [0.717, 1.165) is 32.6 Å². The molecule has 3 aliphatic rings. The van der Waals surface area contributed by atoms with Crippen LogP contribution in [0.4, 0.5) is 0 Å². The van der Waals surface area contributed by atoms with Crippen molar-refractivity contribution in [2.45, 2.75) is 51.1 Å². The topological polar surface area (TPSA) is 26.8 Å². The van der Waals surface area contributed by atoms with Crippen LogP contribution >= 0.6 is 11.3 Å². The van der Waals surface area contributed by atoms with E-state index in [4.69, 9.17) is 0 Å². The Bertz CT molecular complexity index is 547. The molecule has 4 nitrogen and oxygen atoms in total. The normalized spacial score (nSPS) is 27.0. The van der Waals surface area contributed by atoms with Gasteiger partial charge in [0.05, 0.1) is 5.92 Å². The van der Waals surface area contributed by atoms with Crippen molar-refractivity contribution in [1.82, 2.24) is 14.7 Å². The molecule has 0 bridgehead atoms. The van der Waals surface area contributed by atoms with Crippen LogP contribution in [0.5, 0.6) is 0 Å². The SMILES string of the molecule is O=C([C@H]1CCCN(C2CCN(Cc3cccs3)CC2)C1)N1CCCC1. The first-order valence-corrected chi connectivity index (χ1v) is 10.9. The number of likely N-dealkylation sites (tertiary alicyclic amines) is 3. The van der Waals surface area contributed by atoms with Gasteiger partial charge in [-0.05, 0) is 56.5 Å². The molecule has 4 rings (SSSR count). The average molecular weight is 362 g/mol. The van der Waals surface area contributed by atoms with Crippen LogP contribution < -0.4 is 0 Å². The smallest absolute Gasteiger partial charge is 0.226 e. The van der Waals surface area contributed by atoms with Gasteiger partial charge in [-0.1, -0.05) is 6.07 Å². The molecule has 4 heterocycles. The van der Waals surface area contributed by atoms with E-state index in [0.29, 0.717) is 11.9 Å². The summed E-state index contributed by atoms with van der Waals surface area (Å²) in [6.07, 6.45) is 7.21. The standard InChI is InChI=1S/C20H31N3OS/c24-20(22-9-1-2-10-22)17-5-3-11-23(15-17)18-7-12-21(13-8-18)16-19-6-4-14-25-19/h4,6,14,17-18H,1-3,5,7-13,15-16H2/t17-/m0/s1. The highest BCUT2D eigenvalue weighted by atomic mass is 32.1. The Labute approximate surface area is 155 Å². The van der Waals surface area contributed by atoms with Crippen LogP contribution in [-0.2, 0) is 11.3 Å². The number of rotatable bonds is 4. The molecule has 3 aliphatic heterocycles. The zero-order valence-electron chi connectivity index (χ0n) is 15.2. The van der Waals surface area contributed by atoms with Crippen molar-refractivity contribution in [1.29, 1.82) is 0 Å². The van der Waals surface area contributed by atoms with Crippen molar-refractivity contribution in [2.75, 3.05) is 39.3 Å². The molecule has 0 N–H and O–H groups in total. The lowest BCUT2D eigenvalue weighted by molar-refractivity contribution is -0.136. The molecule has 1 amide bonds. The molecule has 25 heavy (non-hydrogen) atoms. The number of carbonyl (C=O) groups is 1. The third-order valence-corrected chi connectivity index (χ3v) is 7.11. The maximum atomic E-state index is 12.8.